The molecule has 1 heterocycles. The number of nitrogens with zero attached hydrogens (tertiary/aromatic N) is 1. The summed E-state index contributed by atoms with van der Waals surface area (Å²) in [7, 11) is 1.32. The average Bonchev–Trinajstić information content (AvgIpc) is 3.42. The van der Waals surface area contributed by atoms with Gasteiger partial charge in [-0.15, -0.1) is 0 Å². The van der Waals surface area contributed by atoms with Crippen LogP contribution in [0.15, 0.2) is 39.5 Å². The van der Waals surface area contributed by atoms with Crippen LogP contribution < -0.4 is 5.63 Å². The van der Waals surface area contributed by atoms with Crippen LogP contribution in [0.1, 0.15) is 30.1 Å². The molecule has 2 aromatic rings. The van der Waals surface area contributed by atoms with Crippen molar-refractivity contribution in [3.05, 3.63) is 46.3 Å². The largest absolute Gasteiger partial charge is 0.469 e. The van der Waals surface area contributed by atoms with E-state index in [1.807, 2.05) is 6.07 Å². The van der Waals surface area contributed by atoms with E-state index in [4.69, 9.17) is 9.15 Å². The third-order valence-electron chi connectivity index (χ3n) is 4.19. The predicted molar refractivity (Wildman–Crippen MR) is 87.7 cm³/mol. The summed E-state index contributed by atoms with van der Waals surface area (Å²) in [6.07, 6.45) is 1.75. The Morgan fingerprint density at radius 3 is 2.71 bits per heavy atom. The Kier molecular flexibility index (Phi) is 4.38. The number of benzene rings is 1. The van der Waals surface area contributed by atoms with Crippen LogP contribution >= 0.6 is 0 Å². The van der Waals surface area contributed by atoms with Gasteiger partial charge in [0.15, 0.2) is 0 Å². The molecule has 3 rings (SSSR count). The van der Waals surface area contributed by atoms with Crippen molar-refractivity contribution in [1.29, 1.82) is 0 Å². The second-order valence-corrected chi connectivity index (χ2v) is 6.10. The minimum atomic E-state index is -0.657. The second-order valence-electron chi connectivity index (χ2n) is 6.10. The number of hydrogen-bond acceptors (Lipinski definition) is 5. The van der Waals surface area contributed by atoms with Crippen LogP contribution in [-0.2, 0) is 9.53 Å². The molecule has 1 aliphatic carbocycles. The number of esters is 1. The van der Waals surface area contributed by atoms with E-state index in [9.17, 15) is 14.4 Å². The molecule has 126 valence electrons. The minimum Gasteiger partial charge on any atom is -0.469 e. The molecule has 1 atom stereocenters. The molecule has 0 N–H and O–H groups in total. The smallest absolute Gasteiger partial charge is 0.349 e. The lowest BCUT2D eigenvalue weighted by atomic mass is 10.1. The summed E-state index contributed by atoms with van der Waals surface area (Å²) in [5.74, 6) is -1.22. The number of ether oxygens (including phenoxy) is 1. The predicted octanol–water partition coefficient (Wildman–Crippen LogP) is 2.21. The number of carbonyl (C=O) groups excluding carboxylic acids is 2. The zero-order valence-corrected chi connectivity index (χ0v) is 13.7. The Morgan fingerprint density at radius 1 is 1.33 bits per heavy atom. The normalized spacial score (nSPS) is 15.1. The standard InChI is InChI=1S/C18H19NO5/c1-11(17(21)23-2)10-19(13-7-8-13)16(20)14-9-12-5-3-4-6-15(12)24-18(14)22/h3-6,9,11,13H,7-8,10H2,1-2H3. The van der Waals surface area contributed by atoms with Crippen LogP contribution in [0.2, 0.25) is 0 Å². The molecule has 1 unspecified atom stereocenters. The molecule has 1 amide bonds. The van der Waals surface area contributed by atoms with Crippen LogP contribution in [0.5, 0.6) is 0 Å². The Morgan fingerprint density at radius 2 is 2.04 bits per heavy atom. The topological polar surface area (TPSA) is 76.8 Å². The average molecular weight is 329 g/mol. The summed E-state index contributed by atoms with van der Waals surface area (Å²) >= 11 is 0. The van der Waals surface area contributed by atoms with Gasteiger partial charge in [-0.25, -0.2) is 4.79 Å². The Balaban J connectivity index is 1.92. The van der Waals surface area contributed by atoms with Gasteiger partial charge in [-0.05, 0) is 25.0 Å². The monoisotopic (exact) mass is 329 g/mol. The summed E-state index contributed by atoms with van der Waals surface area (Å²) < 4.78 is 9.97. The van der Waals surface area contributed by atoms with Gasteiger partial charge in [-0.1, -0.05) is 25.1 Å². The zero-order valence-electron chi connectivity index (χ0n) is 13.7. The fourth-order valence-electron chi connectivity index (χ4n) is 2.72. The molecule has 6 heteroatoms. The van der Waals surface area contributed by atoms with E-state index in [0.717, 1.165) is 12.8 Å². The van der Waals surface area contributed by atoms with E-state index in [1.165, 1.54) is 7.11 Å². The molecular formula is C18H19NO5. The molecule has 0 aliphatic heterocycles. The Bertz CT molecular complexity index is 837. The van der Waals surface area contributed by atoms with E-state index in [1.54, 1.807) is 36.1 Å². The number of amides is 1. The number of methoxy groups -OCH3 is 1. The maximum atomic E-state index is 12.9. The molecule has 1 saturated carbocycles. The van der Waals surface area contributed by atoms with Crippen LogP contribution in [0.4, 0.5) is 0 Å². The van der Waals surface area contributed by atoms with Gasteiger partial charge in [0, 0.05) is 18.0 Å². The van der Waals surface area contributed by atoms with Gasteiger partial charge in [0.25, 0.3) is 5.91 Å². The molecule has 1 fully saturated rings. The van der Waals surface area contributed by atoms with Crippen molar-refractivity contribution in [2.45, 2.75) is 25.8 Å². The molecule has 1 aromatic carbocycles. The fourth-order valence-corrected chi connectivity index (χ4v) is 2.72. The number of carbonyl (C=O) groups is 2. The first-order chi connectivity index (χ1) is 11.5. The van der Waals surface area contributed by atoms with Crippen molar-refractivity contribution < 1.29 is 18.7 Å². The highest BCUT2D eigenvalue weighted by atomic mass is 16.5. The van der Waals surface area contributed by atoms with Gasteiger partial charge in [0.05, 0.1) is 13.0 Å². The number of rotatable bonds is 5. The third-order valence-corrected chi connectivity index (χ3v) is 4.19. The molecule has 6 nitrogen and oxygen atoms in total. The fraction of sp³-hybridized carbons (Fsp3) is 0.389. The van der Waals surface area contributed by atoms with Crippen LogP contribution in [0.25, 0.3) is 11.0 Å². The Labute approximate surface area is 139 Å². The quantitative estimate of drug-likeness (QED) is 0.621. The van der Waals surface area contributed by atoms with Crippen LogP contribution in [0.3, 0.4) is 0 Å². The van der Waals surface area contributed by atoms with Gasteiger partial charge in [0.1, 0.15) is 11.1 Å². The lowest BCUT2D eigenvalue weighted by molar-refractivity contribution is -0.145. The summed E-state index contributed by atoms with van der Waals surface area (Å²) in [6.45, 7) is 1.93. The van der Waals surface area contributed by atoms with Crippen LogP contribution in [-0.4, -0.2) is 36.5 Å². The van der Waals surface area contributed by atoms with Crippen molar-refractivity contribution >= 4 is 22.8 Å². The summed E-state index contributed by atoms with van der Waals surface area (Å²) in [5.41, 5.74) is -0.215. The SMILES string of the molecule is COC(=O)C(C)CN(C(=O)c1cc2ccccc2oc1=O)C1CC1. The van der Waals surface area contributed by atoms with Gasteiger partial charge in [0.2, 0.25) is 0 Å². The first kappa shape index (κ1) is 16.2. The molecule has 1 aromatic heterocycles. The van der Waals surface area contributed by atoms with Crippen molar-refractivity contribution in [2.24, 2.45) is 5.92 Å². The lowest BCUT2D eigenvalue weighted by Crippen LogP contribution is -2.40. The van der Waals surface area contributed by atoms with Gasteiger partial charge >= 0.3 is 11.6 Å². The molecule has 0 saturated heterocycles. The summed E-state index contributed by atoms with van der Waals surface area (Å²) in [4.78, 5) is 38.3. The van der Waals surface area contributed by atoms with E-state index >= 15 is 0 Å². The summed E-state index contributed by atoms with van der Waals surface area (Å²) in [6, 6.07) is 8.67. The molecular weight excluding hydrogens is 310 g/mol. The van der Waals surface area contributed by atoms with Crippen LogP contribution in [0, 0.1) is 5.92 Å². The maximum Gasteiger partial charge on any atom is 0.349 e. The Hall–Kier alpha value is -2.63. The second kappa shape index (κ2) is 6.47. The third kappa shape index (κ3) is 3.18. The molecule has 24 heavy (non-hydrogen) atoms. The van der Waals surface area contributed by atoms with Gasteiger partial charge in [-0.2, -0.15) is 0 Å². The highest BCUT2D eigenvalue weighted by Gasteiger charge is 2.36. The molecule has 1 aliphatic rings. The van der Waals surface area contributed by atoms with Gasteiger partial charge in [-0.3, -0.25) is 9.59 Å². The number of fused-ring (bicyclic) bond motifs is 1. The first-order valence-electron chi connectivity index (χ1n) is 7.93. The minimum absolute atomic E-state index is 0.00216. The zero-order chi connectivity index (χ0) is 17.3. The van der Waals surface area contributed by atoms with E-state index in [2.05, 4.69) is 0 Å². The van der Waals surface area contributed by atoms with Crippen molar-refractivity contribution in [3.8, 4) is 0 Å². The molecule has 0 spiro atoms. The highest BCUT2D eigenvalue weighted by Crippen LogP contribution is 2.29. The molecule has 0 bridgehead atoms. The van der Waals surface area contributed by atoms with E-state index < -0.39 is 17.5 Å². The van der Waals surface area contributed by atoms with Gasteiger partial charge < -0.3 is 14.1 Å². The first-order valence-corrected chi connectivity index (χ1v) is 7.93. The van der Waals surface area contributed by atoms with E-state index in [0.29, 0.717) is 11.0 Å². The highest BCUT2D eigenvalue weighted by molar-refractivity contribution is 5.97. The number of hydrogen-bond donors (Lipinski definition) is 0. The van der Waals surface area contributed by atoms with Crippen molar-refractivity contribution in [2.75, 3.05) is 13.7 Å². The lowest BCUT2D eigenvalue weighted by Gasteiger charge is -2.24. The van der Waals surface area contributed by atoms with Crippen molar-refractivity contribution in [1.82, 2.24) is 4.90 Å². The van der Waals surface area contributed by atoms with Crippen molar-refractivity contribution in [3.63, 3.8) is 0 Å². The summed E-state index contributed by atoms with van der Waals surface area (Å²) in [5, 5.41) is 0.692. The van der Waals surface area contributed by atoms with E-state index in [-0.39, 0.29) is 24.1 Å². The maximum absolute atomic E-state index is 12.9. The number of para-hydroxylation sites is 1. The molecule has 0 radical (unpaired) electrons.